The maximum Gasteiger partial charge on any atom is 0.321 e. The number of anilines is 1. The van der Waals surface area contributed by atoms with E-state index < -0.39 is 0 Å². The fraction of sp³-hybridized carbons (Fsp3) is 0.381. The quantitative estimate of drug-likeness (QED) is 0.876. The first-order valence-corrected chi connectivity index (χ1v) is 9.35. The molecule has 2 atom stereocenters. The second-order valence-electron chi connectivity index (χ2n) is 7.67. The van der Waals surface area contributed by atoms with Gasteiger partial charge in [-0.25, -0.2) is 4.79 Å². The normalized spacial score (nSPS) is 23.3. The number of likely N-dealkylation sites (tertiary alicyclic amines) is 1. The van der Waals surface area contributed by atoms with Gasteiger partial charge in [0, 0.05) is 49.0 Å². The zero-order valence-corrected chi connectivity index (χ0v) is 15.4. The topological polar surface area (TPSA) is 74.3 Å². The second kappa shape index (κ2) is 7.02. The third kappa shape index (κ3) is 3.79. The lowest BCUT2D eigenvalue weighted by Crippen LogP contribution is -2.34. The van der Waals surface area contributed by atoms with E-state index in [1.54, 1.807) is 12.4 Å². The number of carbonyl (C=O) groups excluding carboxylic acids is 2. The van der Waals surface area contributed by atoms with E-state index in [1.807, 2.05) is 48.2 Å². The minimum atomic E-state index is -0.0860. The summed E-state index contributed by atoms with van der Waals surface area (Å²) in [5.41, 5.74) is 2.91. The van der Waals surface area contributed by atoms with E-state index in [0.717, 1.165) is 29.7 Å². The number of nitrogens with one attached hydrogen (secondary N) is 2. The Morgan fingerprint density at radius 1 is 1.26 bits per heavy atom. The van der Waals surface area contributed by atoms with Gasteiger partial charge < -0.3 is 15.5 Å². The van der Waals surface area contributed by atoms with Crippen molar-refractivity contribution < 1.29 is 9.59 Å². The van der Waals surface area contributed by atoms with Crippen molar-refractivity contribution in [3.05, 3.63) is 59.9 Å². The first-order chi connectivity index (χ1) is 13.1. The standard InChI is InChI=1S/C21H24N4O2/c1-15-4-6-17(7-5-15)24-20(27)25-10-8-21(14-25)11-18(21)19(26)23-13-16-3-2-9-22-12-16/h2-7,9,12,18H,8,10-11,13-14H2,1H3,(H,23,26)(H,24,27)/t18-,21+/m1/s1. The molecule has 0 bridgehead atoms. The summed E-state index contributed by atoms with van der Waals surface area (Å²) in [6, 6.07) is 11.5. The fourth-order valence-corrected chi connectivity index (χ4v) is 3.89. The molecule has 3 amide bonds. The average molecular weight is 364 g/mol. The number of aromatic nitrogens is 1. The average Bonchev–Trinajstić information content (AvgIpc) is 3.22. The van der Waals surface area contributed by atoms with Crippen molar-refractivity contribution in [2.24, 2.45) is 11.3 Å². The molecular weight excluding hydrogens is 340 g/mol. The molecule has 1 aromatic carbocycles. The Bertz CT molecular complexity index is 837. The van der Waals surface area contributed by atoms with Crippen molar-refractivity contribution in [1.82, 2.24) is 15.2 Å². The molecule has 2 fully saturated rings. The summed E-state index contributed by atoms with van der Waals surface area (Å²) in [5, 5.41) is 5.95. The first kappa shape index (κ1) is 17.5. The summed E-state index contributed by atoms with van der Waals surface area (Å²) in [4.78, 5) is 30.9. The van der Waals surface area contributed by atoms with Gasteiger partial charge in [0.05, 0.1) is 0 Å². The van der Waals surface area contributed by atoms with E-state index in [4.69, 9.17) is 0 Å². The number of aryl methyl sites for hydroxylation is 1. The maximum absolute atomic E-state index is 12.5. The zero-order valence-electron chi connectivity index (χ0n) is 15.4. The van der Waals surface area contributed by atoms with E-state index in [2.05, 4.69) is 15.6 Å². The van der Waals surface area contributed by atoms with Crippen molar-refractivity contribution in [2.45, 2.75) is 26.3 Å². The number of benzene rings is 1. The van der Waals surface area contributed by atoms with Crippen LogP contribution in [0.4, 0.5) is 10.5 Å². The Kier molecular flexibility index (Phi) is 4.56. The number of amides is 3. The molecule has 1 aliphatic heterocycles. The van der Waals surface area contributed by atoms with Crippen LogP contribution in [0.1, 0.15) is 24.0 Å². The molecular formula is C21H24N4O2. The van der Waals surface area contributed by atoms with Gasteiger partial charge in [-0.1, -0.05) is 23.8 Å². The van der Waals surface area contributed by atoms with Crippen LogP contribution in [0.2, 0.25) is 0 Å². The number of nitrogens with zero attached hydrogens (tertiary/aromatic N) is 2. The number of rotatable bonds is 4. The molecule has 1 aromatic heterocycles. The van der Waals surface area contributed by atoms with Gasteiger partial charge in [-0.2, -0.15) is 0 Å². The van der Waals surface area contributed by atoms with Gasteiger partial charge in [-0.05, 0) is 43.5 Å². The molecule has 6 heteroatoms. The summed E-state index contributed by atoms with van der Waals surface area (Å²) >= 11 is 0. The lowest BCUT2D eigenvalue weighted by molar-refractivity contribution is -0.123. The minimum Gasteiger partial charge on any atom is -0.352 e. The molecule has 6 nitrogen and oxygen atoms in total. The van der Waals surface area contributed by atoms with Crippen molar-refractivity contribution in [1.29, 1.82) is 0 Å². The number of pyridine rings is 1. The molecule has 4 rings (SSSR count). The summed E-state index contributed by atoms with van der Waals surface area (Å²) < 4.78 is 0. The van der Waals surface area contributed by atoms with Crippen molar-refractivity contribution in [3.8, 4) is 0 Å². The van der Waals surface area contributed by atoms with Crippen molar-refractivity contribution in [3.63, 3.8) is 0 Å². The molecule has 0 radical (unpaired) electrons. The highest BCUT2D eigenvalue weighted by Gasteiger charge is 2.61. The van der Waals surface area contributed by atoms with E-state index in [0.29, 0.717) is 19.6 Å². The van der Waals surface area contributed by atoms with Gasteiger partial charge in [0.1, 0.15) is 0 Å². The molecule has 1 saturated heterocycles. The third-order valence-electron chi connectivity index (χ3n) is 5.67. The molecule has 27 heavy (non-hydrogen) atoms. The highest BCUT2D eigenvalue weighted by atomic mass is 16.2. The van der Waals surface area contributed by atoms with Gasteiger partial charge in [-0.15, -0.1) is 0 Å². The Hall–Kier alpha value is -2.89. The van der Waals surface area contributed by atoms with Crippen LogP contribution < -0.4 is 10.6 Å². The largest absolute Gasteiger partial charge is 0.352 e. The fourth-order valence-electron chi connectivity index (χ4n) is 3.89. The van der Waals surface area contributed by atoms with Crippen LogP contribution in [0.3, 0.4) is 0 Å². The summed E-state index contributed by atoms with van der Waals surface area (Å²) in [5.74, 6) is 0.0889. The minimum absolute atomic E-state index is 0.00588. The van der Waals surface area contributed by atoms with Crippen molar-refractivity contribution >= 4 is 17.6 Å². The molecule has 140 valence electrons. The molecule has 2 N–H and O–H groups in total. The highest BCUT2D eigenvalue weighted by molar-refractivity contribution is 5.90. The molecule has 2 aromatic rings. The number of hydrogen-bond acceptors (Lipinski definition) is 3. The molecule has 1 spiro atoms. The second-order valence-corrected chi connectivity index (χ2v) is 7.67. The summed E-state index contributed by atoms with van der Waals surface area (Å²) in [6.45, 7) is 3.86. The lowest BCUT2D eigenvalue weighted by Gasteiger charge is -2.17. The number of carbonyl (C=O) groups is 2. The van der Waals surface area contributed by atoms with E-state index in [9.17, 15) is 9.59 Å². The van der Waals surface area contributed by atoms with E-state index >= 15 is 0 Å². The Balaban J connectivity index is 1.28. The van der Waals surface area contributed by atoms with E-state index in [-0.39, 0.29) is 23.3 Å². The molecule has 2 heterocycles. The molecule has 2 aliphatic rings. The number of hydrogen-bond donors (Lipinski definition) is 2. The molecule has 1 aliphatic carbocycles. The monoisotopic (exact) mass is 364 g/mol. The van der Waals surface area contributed by atoms with E-state index in [1.165, 1.54) is 0 Å². The van der Waals surface area contributed by atoms with Gasteiger partial charge in [0.25, 0.3) is 0 Å². The smallest absolute Gasteiger partial charge is 0.321 e. The van der Waals surface area contributed by atoms with Gasteiger partial charge in [-0.3, -0.25) is 9.78 Å². The summed E-state index contributed by atoms with van der Waals surface area (Å²) in [7, 11) is 0. The van der Waals surface area contributed by atoms with Crippen LogP contribution in [0.25, 0.3) is 0 Å². The SMILES string of the molecule is Cc1ccc(NC(=O)N2CC[C@]3(C[C@@H]3C(=O)NCc3cccnc3)C2)cc1. The Morgan fingerprint density at radius 2 is 2.07 bits per heavy atom. The Labute approximate surface area is 159 Å². The lowest BCUT2D eigenvalue weighted by atomic mass is 10.0. The Morgan fingerprint density at radius 3 is 2.81 bits per heavy atom. The first-order valence-electron chi connectivity index (χ1n) is 9.35. The van der Waals surface area contributed by atoms with Crippen molar-refractivity contribution in [2.75, 3.05) is 18.4 Å². The molecule has 0 unspecified atom stereocenters. The predicted octanol–water partition coefficient (Wildman–Crippen LogP) is 2.95. The van der Waals surface area contributed by atoms with Crippen LogP contribution in [0.15, 0.2) is 48.8 Å². The van der Waals surface area contributed by atoms with Crippen LogP contribution in [-0.2, 0) is 11.3 Å². The van der Waals surface area contributed by atoms with Crippen LogP contribution >= 0.6 is 0 Å². The van der Waals surface area contributed by atoms with Gasteiger partial charge >= 0.3 is 6.03 Å². The van der Waals surface area contributed by atoms with Crippen LogP contribution in [0.5, 0.6) is 0 Å². The highest BCUT2D eigenvalue weighted by Crippen LogP contribution is 2.58. The van der Waals surface area contributed by atoms with Gasteiger partial charge in [0.15, 0.2) is 0 Å². The number of urea groups is 1. The summed E-state index contributed by atoms with van der Waals surface area (Å²) in [6.07, 6.45) is 5.23. The van der Waals surface area contributed by atoms with Gasteiger partial charge in [0.2, 0.25) is 5.91 Å². The zero-order chi connectivity index (χ0) is 18.9. The predicted molar refractivity (Wildman–Crippen MR) is 103 cm³/mol. The van der Waals surface area contributed by atoms with Crippen LogP contribution in [0, 0.1) is 18.3 Å². The third-order valence-corrected chi connectivity index (χ3v) is 5.67. The maximum atomic E-state index is 12.5. The van der Waals surface area contributed by atoms with Crippen LogP contribution in [-0.4, -0.2) is 34.9 Å². The molecule has 1 saturated carbocycles.